The maximum atomic E-state index is 9.72. The van der Waals surface area contributed by atoms with Gasteiger partial charge in [-0.05, 0) is 48.5 Å². The molecule has 4 rings (SSSR count). The Kier molecular flexibility index (Phi) is 8.46. The molecule has 0 aliphatic heterocycles. The standard InChI is InChI=1S/2C12H12N2O2.OS/c2*13-7-1-3-9(11(15)5-7)10-4-2-8(14)6-12(10)16;1-2/h2*1-6,15-16H,13-14H2;. The molecule has 0 aliphatic rings. The molecule has 4 aromatic rings. The summed E-state index contributed by atoms with van der Waals surface area (Å²) in [6, 6.07) is 19.0. The van der Waals surface area contributed by atoms with E-state index in [1.165, 1.54) is 24.3 Å². The quantitative estimate of drug-likeness (QED) is 0.196. The van der Waals surface area contributed by atoms with E-state index >= 15 is 0 Å². The molecule has 10 heteroatoms. The van der Waals surface area contributed by atoms with Crippen LogP contribution in [0.2, 0.25) is 0 Å². The number of phenolic OH excluding ortho intramolecular Hbond substituents is 4. The van der Waals surface area contributed by atoms with E-state index in [1.807, 2.05) is 0 Å². The maximum Gasteiger partial charge on any atom is 0.197 e. The van der Waals surface area contributed by atoms with Gasteiger partial charge in [0.1, 0.15) is 23.0 Å². The van der Waals surface area contributed by atoms with Crippen molar-refractivity contribution in [3.63, 3.8) is 0 Å². The van der Waals surface area contributed by atoms with Crippen LogP contribution < -0.4 is 22.9 Å². The summed E-state index contributed by atoms with van der Waals surface area (Å²) in [5.74, 6) is 0.111. The molecule has 0 saturated heterocycles. The molecule has 34 heavy (non-hydrogen) atoms. The van der Waals surface area contributed by atoms with E-state index in [1.54, 1.807) is 48.5 Å². The minimum absolute atomic E-state index is 0.0278. The van der Waals surface area contributed by atoms with Gasteiger partial charge in [-0.3, -0.25) is 0 Å². The summed E-state index contributed by atoms with van der Waals surface area (Å²) in [4.78, 5) is 0. The second kappa shape index (κ2) is 11.2. The fraction of sp³-hybridized carbons (Fsp3) is 0. The van der Waals surface area contributed by atoms with Crippen LogP contribution in [0, 0.1) is 0 Å². The minimum Gasteiger partial charge on any atom is -0.507 e. The lowest BCUT2D eigenvalue weighted by atomic mass is 10.0. The van der Waals surface area contributed by atoms with Crippen molar-refractivity contribution < 1.29 is 24.6 Å². The largest absolute Gasteiger partial charge is 0.507 e. The molecule has 0 aliphatic carbocycles. The monoisotopic (exact) mass is 480 g/mol. The summed E-state index contributed by atoms with van der Waals surface area (Å²) in [5.41, 5.74) is 26.1. The third-order valence-corrected chi connectivity index (χ3v) is 4.67. The molecule has 0 atom stereocenters. The topological polar surface area (TPSA) is 202 Å². The summed E-state index contributed by atoms with van der Waals surface area (Å²) in [6.07, 6.45) is 0. The summed E-state index contributed by atoms with van der Waals surface area (Å²) in [5, 5.41) is 38.9. The predicted octanol–water partition coefficient (Wildman–Crippen LogP) is 3.52. The normalized spacial score (nSPS) is 9.76. The van der Waals surface area contributed by atoms with Gasteiger partial charge in [-0.1, -0.05) is 0 Å². The van der Waals surface area contributed by atoms with Crippen molar-refractivity contribution in [1.29, 1.82) is 0 Å². The van der Waals surface area contributed by atoms with Gasteiger partial charge in [0.15, 0.2) is 12.5 Å². The number of anilines is 4. The van der Waals surface area contributed by atoms with Crippen molar-refractivity contribution in [3.8, 4) is 45.3 Å². The minimum atomic E-state index is 0.0278. The average molecular weight is 481 g/mol. The molecule has 0 fully saturated rings. The first-order valence-corrected chi connectivity index (χ1v) is 10.0. The molecule has 0 unspecified atom stereocenters. The summed E-state index contributed by atoms with van der Waals surface area (Å²) < 4.78 is 7.83. The highest BCUT2D eigenvalue weighted by Crippen LogP contribution is 2.38. The lowest BCUT2D eigenvalue weighted by Gasteiger charge is -2.08. The van der Waals surface area contributed by atoms with Crippen LogP contribution >= 0.6 is 0 Å². The van der Waals surface area contributed by atoms with E-state index < -0.39 is 0 Å². The van der Waals surface area contributed by atoms with E-state index in [0.29, 0.717) is 45.0 Å². The predicted molar refractivity (Wildman–Crippen MR) is 136 cm³/mol. The fourth-order valence-corrected chi connectivity index (χ4v) is 3.11. The van der Waals surface area contributed by atoms with Gasteiger partial charge in [-0.15, -0.1) is 0 Å². The third kappa shape index (κ3) is 6.17. The highest BCUT2D eigenvalue weighted by molar-refractivity contribution is 7.44. The van der Waals surface area contributed by atoms with Crippen molar-refractivity contribution in [2.24, 2.45) is 0 Å². The number of benzene rings is 4. The summed E-state index contributed by atoms with van der Waals surface area (Å²) in [6.45, 7) is 0. The Bertz CT molecular complexity index is 1100. The zero-order valence-corrected chi connectivity index (χ0v) is 18.7. The van der Waals surface area contributed by atoms with Gasteiger partial charge < -0.3 is 43.4 Å². The van der Waals surface area contributed by atoms with Crippen molar-refractivity contribution >= 4 is 35.3 Å². The Balaban J connectivity index is 0.000000224. The second-order valence-electron chi connectivity index (χ2n) is 7.11. The van der Waals surface area contributed by atoms with Crippen LogP contribution in [-0.2, 0) is 12.5 Å². The number of nitrogen functional groups attached to an aromatic ring is 4. The SMILES string of the molecule is Nc1ccc(-c2ccc(N)cc2O)c(O)c1.Nc1ccc(-c2ccc(N)cc2O)c(O)c1.O=S. The number of nitrogens with two attached hydrogens (primary N) is 4. The van der Waals surface area contributed by atoms with Crippen LogP contribution in [0.4, 0.5) is 22.7 Å². The molecule has 0 aromatic heterocycles. The molecule has 0 heterocycles. The molecule has 0 amide bonds. The highest BCUT2D eigenvalue weighted by atomic mass is 32.1. The Morgan fingerprint density at radius 1 is 0.412 bits per heavy atom. The molecule has 0 saturated carbocycles. The molecular weight excluding hydrogens is 456 g/mol. The first kappa shape index (κ1) is 25.6. The van der Waals surface area contributed by atoms with Crippen LogP contribution in [0.25, 0.3) is 22.3 Å². The van der Waals surface area contributed by atoms with E-state index in [-0.39, 0.29) is 23.0 Å². The van der Waals surface area contributed by atoms with Crippen molar-refractivity contribution in [2.75, 3.05) is 22.9 Å². The van der Waals surface area contributed by atoms with Crippen LogP contribution in [0.1, 0.15) is 0 Å². The van der Waals surface area contributed by atoms with E-state index in [4.69, 9.17) is 27.1 Å². The van der Waals surface area contributed by atoms with Gasteiger partial charge in [0.05, 0.1) is 0 Å². The van der Waals surface area contributed by atoms with E-state index in [9.17, 15) is 20.4 Å². The van der Waals surface area contributed by atoms with Gasteiger partial charge in [0, 0.05) is 69.3 Å². The van der Waals surface area contributed by atoms with Gasteiger partial charge in [-0.2, -0.15) is 4.21 Å². The van der Waals surface area contributed by atoms with Crippen molar-refractivity contribution in [1.82, 2.24) is 0 Å². The summed E-state index contributed by atoms with van der Waals surface area (Å²) >= 11 is 2.83. The molecular formula is C24H24N4O5S. The highest BCUT2D eigenvalue weighted by Gasteiger charge is 2.10. The second-order valence-corrected chi connectivity index (χ2v) is 7.11. The number of hydrogen-bond donors (Lipinski definition) is 8. The first-order valence-electron chi connectivity index (χ1n) is 9.67. The number of rotatable bonds is 2. The molecule has 4 aromatic carbocycles. The Morgan fingerprint density at radius 3 is 0.735 bits per heavy atom. The third-order valence-electron chi connectivity index (χ3n) is 4.67. The van der Waals surface area contributed by atoms with Crippen molar-refractivity contribution in [2.45, 2.75) is 0 Å². The number of aromatic hydroxyl groups is 4. The Hall–Kier alpha value is -4.70. The van der Waals surface area contributed by atoms with Crippen LogP contribution in [-0.4, -0.2) is 24.6 Å². The summed E-state index contributed by atoms with van der Waals surface area (Å²) in [7, 11) is 0. The molecule has 9 nitrogen and oxygen atoms in total. The van der Waals surface area contributed by atoms with Gasteiger partial charge >= 0.3 is 0 Å². The smallest absolute Gasteiger partial charge is 0.197 e. The van der Waals surface area contributed by atoms with Crippen LogP contribution in [0.5, 0.6) is 23.0 Å². The van der Waals surface area contributed by atoms with Gasteiger partial charge in [-0.25, -0.2) is 0 Å². The zero-order chi connectivity index (χ0) is 25.4. The molecule has 0 spiro atoms. The zero-order valence-electron chi connectivity index (χ0n) is 17.8. The van der Waals surface area contributed by atoms with Gasteiger partial charge in [0.2, 0.25) is 0 Å². The van der Waals surface area contributed by atoms with Gasteiger partial charge in [0.25, 0.3) is 0 Å². The molecule has 12 N–H and O–H groups in total. The van der Waals surface area contributed by atoms with Crippen LogP contribution in [0.3, 0.4) is 0 Å². The molecule has 0 radical (unpaired) electrons. The average Bonchev–Trinajstić information content (AvgIpc) is 2.77. The lowest BCUT2D eigenvalue weighted by Crippen LogP contribution is -1.88. The fourth-order valence-electron chi connectivity index (χ4n) is 3.11. The number of hydrogen-bond acceptors (Lipinski definition) is 10. The van der Waals surface area contributed by atoms with Crippen LogP contribution in [0.15, 0.2) is 72.8 Å². The van der Waals surface area contributed by atoms with E-state index in [2.05, 4.69) is 12.5 Å². The van der Waals surface area contributed by atoms with Crippen molar-refractivity contribution in [3.05, 3.63) is 72.8 Å². The Labute approximate surface area is 201 Å². The van der Waals surface area contributed by atoms with E-state index in [0.717, 1.165) is 0 Å². The molecule has 176 valence electrons. The lowest BCUT2D eigenvalue weighted by molar-refractivity contribution is 0.469. The Morgan fingerprint density at radius 2 is 0.588 bits per heavy atom. The maximum absolute atomic E-state index is 9.72. The number of phenols is 4. The first-order chi connectivity index (χ1) is 16.2. The molecule has 0 bridgehead atoms.